The highest BCUT2D eigenvalue weighted by molar-refractivity contribution is 7.80. The summed E-state index contributed by atoms with van der Waals surface area (Å²) < 4.78 is 10.1. The first-order chi connectivity index (χ1) is 8.19. The Labute approximate surface area is 104 Å². The lowest BCUT2D eigenvalue weighted by atomic mass is 10.1. The summed E-state index contributed by atoms with van der Waals surface area (Å²) in [4.78, 5) is 11.3. The van der Waals surface area contributed by atoms with Crippen molar-refractivity contribution in [3.8, 4) is 5.75 Å². The van der Waals surface area contributed by atoms with E-state index in [1.54, 1.807) is 13.2 Å². The van der Waals surface area contributed by atoms with Crippen molar-refractivity contribution in [1.82, 2.24) is 5.32 Å². The van der Waals surface area contributed by atoms with Gasteiger partial charge in [-0.3, -0.25) is 10.1 Å². The predicted octanol–water partition coefficient (Wildman–Crippen LogP) is 1.55. The van der Waals surface area contributed by atoms with Crippen LogP contribution in [-0.2, 0) is 16.0 Å². The van der Waals surface area contributed by atoms with Gasteiger partial charge in [-0.1, -0.05) is 12.1 Å². The molecule has 1 N–H and O–H groups in total. The van der Waals surface area contributed by atoms with Gasteiger partial charge in [-0.15, -0.1) is 0 Å². The van der Waals surface area contributed by atoms with Crippen molar-refractivity contribution in [2.45, 2.75) is 6.42 Å². The molecule has 1 aromatic carbocycles. The average molecular weight is 249 g/mol. The summed E-state index contributed by atoms with van der Waals surface area (Å²) >= 11 is 4.73. The van der Waals surface area contributed by atoms with Crippen molar-refractivity contribution in [3.63, 3.8) is 0 Å². The van der Waals surface area contributed by atoms with Gasteiger partial charge in [0.15, 0.2) is 5.76 Å². The highest BCUT2D eigenvalue weighted by Crippen LogP contribution is 2.13. The zero-order valence-corrected chi connectivity index (χ0v) is 10.0. The summed E-state index contributed by atoms with van der Waals surface area (Å²) in [7, 11) is 1.62. The number of rotatable bonds is 3. The van der Waals surface area contributed by atoms with E-state index >= 15 is 0 Å². The standard InChI is InChI=1S/C12H11NO3S/c1-15-9-5-2-8(3-6-9)4-7-10-11(14)13-12(17)16-10/h2-3,5-7H,4H2,1H3,(H,13,14,17). The van der Waals surface area contributed by atoms with Crippen LogP contribution in [0.3, 0.4) is 0 Å². The lowest BCUT2D eigenvalue weighted by Crippen LogP contribution is -2.18. The Morgan fingerprint density at radius 1 is 1.41 bits per heavy atom. The van der Waals surface area contributed by atoms with Crippen molar-refractivity contribution >= 4 is 23.3 Å². The highest BCUT2D eigenvalue weighted by Gasteiger charge is 2.22. The average Bonchev–Trinajstić information content (AvgIpc) is 2.66. The number of hydrogen-bond acceptors (Lipinski definition) is 4. The number of amides is 1. The first-order valence-electron chi connectivity index (χ1n) is 5.05. The van der Waals surface area contributed by atoms with Crippen LogP contribution < -0.4 is 10.1 Å². The van der Waals surface area contributed by atoms with Crippen LogP contribution in [0.4, 0.5) is 0 Å². The molecule has 2 rings (SSSR count). The molecule has 1 aromatic rings. The molecule has 1 saturated heterocycles. The first kappa shape index (κ1) is 11.6. The number of ether oxygens (including phenoxy) is 2. The fraction of sp³-hybridized carbons (Fsp3) is 0.167. The molecule has 4 nitrogen and oxygen atoms in total. The van der Waals surface area contributed by atoms with E-state index in [4.69, 9.17) is 21.7 Å². The van der Waals surface area contributed by atoms with E-state index in [9.17, 15) is 4.79 Å². The number of methoxy groups -OCH3 is 1. The molecule has 0 aliphatic carbocycles. The Morgan fingerprint density at radius 2 is 2.12 bits per heavy atom. The van der Waals surface area contributed by atoms with E-state index in [0.29, 0.717) is 6.42 Å². The minimum absolute atomic E-state index is 0.107. The van der Waals surface area contributed by atoms with Gasteiger partial charge < -0.3 is 9.47 Å². The third kappa shape index (κ3) is 2.82. The smallest absolute Gasteiger partial charge is 0.294 e. The second-order valence-corrected chi connectivity index (χ2v) is 3.84. The van der Waals surface area contributed by atoms with Gasteiger partial charge in [-0.25, -0.2) is 0 Å². The van der Waals surface area contributed by atoms with Crippen molar-refractivity contribution in [2.75, 3.05) is 7.11 Å². The van der Waals surface area contributed by atoms with E-state index in [1.807, 2.05) is 24.3 Å². The number of carbonyl (C=O) groups excluding carboxylic acids is 1. The summed E-state index contributed by atoms with van der Waals surface area (Å²) in [6.07, 6.45) is 2.31. The fourth-order valence-corrected chi connectivity index (χ4v) is 1.62. The van der Waals surface area contributed by atoms with Gasteiger partial charge in [0, 0.05) is 0 Å². The summed E-state index contributed by atoms with van der Waals surface area (Å²) in [5, 5.41) is 2.51. The van der Waals surface area contributed by atoms with Gasteiger partial charge in [0.05, 0.1) is 7.11 Å². The third-order valence-corrected chi connectivity index (χ3v) is 2.51. The van der Waals surface area contributed by atoms with Crippen LogP contribution in [0.15, 0.2) is 36.1 Å². The maximum absolute atomic E-state index is 11.3. The third-order valence-electron chi connectivity index (χ3n) is 2.32. The van der Waals surface area contributed by atoms with Gasteiger partial charge in [0.1, 0.15) is 5.75 Å². The zero-order chi connectivity index (χ0) is 12.3. The molecule has 1 aliphatic heterocycles. The van der Waals surface area contributed by atoms with Crippen molar-refractivity contribution < 1.29 is 14.3 Å². The monoisotopic (exact) mass is 249 g/mol. The normalized spacial score (nSPS) is 16.9. The van der Waals surface area contributed by atoms with E-state index in [1.165, 1.54) is 0 Å². The maximum Gasteiger partial charge on any atom is 0.294 e. The Kier molecular flexibility index (Phi) is 3.39. The highest BCUT2D eigenvalue weighted by atomic mass is 32.1. The maximum atomic E-state index is 11.3. The van der Waals surface area contributed by atoms with E-state index in [2.05, 4.69) is 5.32 Å². The molecule has 0 spiro atoms. The van der Waals surface area contributed by atoms with Crippen molar-refractivity contribution in [3.05, 3.63) is 41.7 Å². The second kappa shape index (κ2) is 4.97. The van der Waals surface area contributed by atoms with Gasteiger partial charge in [-0.2, -0.15) is 0 Å². The molecule has 0 bridgehead atoms. The van der Waals surface area contributed by atoms with Gasteiger partial charge in [-0.05, 0) is 42.4 Å². The number of allylic oxidation sites excluding steroid dienone is 1. The van der Waals surface area contributed by atoms with Crippen LogP contribution in [0.1, 0.15) is 5.56 Å². The predicted molar refractivity (Wildman–Crippen MR) is 66.6 cm³/mol. The Morgan fingerprint density at radius 3 is 2.65 bits per heavy atom. The summed E-state index contributed by atoms with van der Waals surface area (Å²) in [5.41, 5.74) is 1.06. The van der Waals surface area contributed by atoms with Crippen molar-refractivity contribution in [1.29, 1.82) is 0 Å². The Balaban J connectivity index is 2.04. The molecular weight excluding hydrogens is 238 g/mol. The Bertz CT molecular complexity index is 479. The number of carbonyl (C=O) groups is 1. The SMILES string of the molecule is COc1ccc(CC=C2OC(=S)NC2=O)cc1. The zero-order valence-electron chi connectivity index (χ0n) is 9.23. The van der Waals surface area contributed by atoms with E-state index < -0.39 is 0 Å². The Hall–Kier alpha value is -1.88. The molecule has 0 aromatic heterocycles. The lowest BCUT2D eigenvalue weighted by Gasteiger charge is -2.00. The van der Waals surface area contributed by atoms with Crippen LogP contribution in [0, 0.1) is 0 Å². The van der Waals surface area contributed by atoms with E-state index in [-0.39, 0.29) is 16.8 Å². The minimum atomic E-state index is -0.288. The fourth-order valence-electron chi connectivity index (χ4n) is 1.43. The molecule has 5 heteroatoms. The van der Waals surface area contributed by atoms with E-state index in [0.717, 1.165) is 11.3 Å². The molecule has 1 fully saturated rings. The molecule has 1 amide bonds. The lowest BCUT2D eigenvalue weighted by molar-refractivity contribution is -0.116. The van der Waals surface area contributed by atoms with Crippen LogP contribution in [0.25, 0.3) is 0 Å². The number of nitrogens with one attached hydrogen (secondary N) is 1. The van der Waals surface area contributed by atoms with Gasteiger partial charge >= 0.3 is 0 Å². The molecule has 0 unspecified atom stereocenters. The molecule has 1 aliphatic rings. The van der Waals surface area contributed by atoms with Crippen molar-refractivity contribution in [2.24, 2.45) is 0 Å². The van der Waals surface area contributed by atoms with Crippen LogP contribution in [0.5, 0.6) is 5.75 Å². The second-order valence-electron chi connectivity index (χ2n) is 3.46. The molecular formula is C12H11NO3S. The molecule has 0 atom stereocenters. The molecule has 0 saturated carbocycles. The largest absolute Gasteiger partial charge is 0.497 e. The van der Waals surface area contributed by atoms with Crippen LogP contribution >= 0.6 is 12.2 Å². The van der Waals surface area contributed by atoms with Crippen LogP contribution in [0.2, 0.25) is 0 Å². The van der Waals surface area contributed by atoms with Gasteiger partial charge in [0.25, 0.3) is 11.1 Å². The number of thiocarbonyl (C=S) groups is 1. The van der Waals surface area contributed by atoms with Crippen LogP contribution in [-0.4, -0.2) is 18.2 Å². The van der Waals surface area contributed by atoms with Gasteiger partial charge in [0.2, 0.25) is 0 Å². The summed E-state index contributed by atoms with van der Waals surface area (Å²) in [5.74, 6) is 0.770. The number of benzene rings is 1. The summed E-state index contributed by atoms with van der Waals surface area (Å²) in [6, 6.07) is 7.60. The first-order valence-corrected chi connectivity index (χ1v) is 5.46. The number of hydrogen-bond donors (Lipinski definition) is 1. The molecule has 17 heavy (non-hydrogen) atoms. The topological polar surface area (TPSA) is 47.6 Å². The molecule has 0 radical (unpaired) electrons. The summed E-state index contributed by atoms with van der Waals surface area (Å²) in [6.45, 7) is 0. The quantitative estimate of drug-likeness (QED) is 0.652. The molecule has 1 heterocycles. The molecule has 88 valence electrons. The minimum Gasteiger partial charge on any atom is -0.497 e.